The Bertz CT molecular complexity index is 2020. The van der Waals surface area contributed by atoms with E-state index in [0.29, 0.717) is 10.2 Å². The standard InChI is InChI=1S/C25H34N2.C20H24N2.C7H16S.C2H6/c1-7-17-12-20-19(24(5,6)16-25(20)10-8-9-11-25)13-18(17)21-14-27-22(15-26-21)23(2,3)4;1-13-10-20(5,6)16-9-14(7-8-15(13)16)17-11-22-18(12-21-17)19(2,3)4;1-5-7(3,4)8-6-2;1-2/h12-15H,7-11,16H2,1-6H3;7-9,11-12H,1,10H2,2-6H3;5-6H2,1-4H3;1-2H3. The van der Waals surface area contributed by atoms with Crippen LogP contribution in [0.1, 0.15) is 202 Å². The van der Waals surface area contributed by atoms with Gasteiger partial charge < -0.3 is 0 Å². The van der Waals surface area contributed by atoms with Crippen LogP contribution in [0, 0.1) is 0 Å². The molecule has 5 heteroatoms. The maximum absolute atomic E-state index is 4.82. The van der Waals surface area contributed by atoms with E-state index in [1.54, 1.807) is 11.1 Å². The van der Waals surface area contributed by atoms with Gasteiger partial charge in [0.1, 0.15) is 0 Å². The van der Waals surface area contributed by atoms with Gasteiger partial charge in [-0.05, 0) is 106 Å². The predicted molar refractivity (Wildman–Crippen MR) is 260 cm³/mol. The van der Waals surface area contributed by atoms with Crippen molar-refractivity contribution in [3.05, 3.63) is 101 Å². The molecule has 1 fully saturated rings. The minimum atomic E-state index is 0.0309. The zero-order valence-corrected chi connectivity index (χ0v) is 41.3. The summed E-state index contributed by atoms with van der Waals surface area (Å²) in [6.07, 6.45) is 17.9. The lowest BCUT2D eigenvalue weighted by Crippen LogP contribution is -2.21. The molecule has 3 aliphatic carbocycles. The number of fused-ring (bicyclic) bond motifs is 3. The molecule has 0 unspecified atom stereocenters. The number of aromatic nitrogens is 4. The van der Waals surface area contributed by atoms with Crippen LogP contribution in [0.3, 0.4) is 0 Å². The monoisotopic (exact) mass is 817 g/mol. The summed E-state index contributed by atoms with van der Waals surface area (Å²) < 4.78 is 0.509. The van der Waals surface area contributed by atoms with Gasteiger partial charge in [-0.3, -0.25) is 19.9 Å². The van der Waals surface area contributed by atoms with Gasteiger partial charge in [0.15, 0.2) is 0 Å². The molecule has 0 radical (unpaired) electrons. The summed E-state index contributed by atoms with van der Waals surface area (Å²) in [6.45, 7) is 42.0. The van der Waals surface area contributed by atoms with Crippen molar-refractivity contribution in [3.8, 4) is 22.5 Å². The summed E-state index contributed by atoms with van der Waals surface area (Å²) in [5.41, 5.74) is 15.9. The van der Waals surface area contributed by atoms with Gasteiger partial charge in [0.25, 0.3) is 0 Å². The van der Waals surface area contributed by atoms with Crippen molar-refractivity contribution >= 4 is 17.3 Å². The number of hydrogen-bond acceptors (Lipinski definition) is 5. The van der Waals surface area contributed by atoms with E-state index in [4.69, 9.17) is 9.97 Å². The van der Waals surface area contributed by atoms with Crippen molar-refractivity contribution in [2.75, 3.05) is 5.75 Å². The number of thioether (sulfide) groups is 1. The second-order valence-corrected chi connectivity index (χ2v) is 23.0. The fourth-order valence-corrected chi connectivity index (χ4v) is 10.2. The predicted octanol–water partition coefficient (Wildman–Crippen LogP) is 15.6. The number of nitrogens with zero attached hydrogens (tertiary/aromatic N) is 4. The van der Waals surface area contributed by atoms with Gasteiger partial charge in [0.05, 0.1) is 35.2 Å². The highest BCUT2D eigenvalue weighted by molar-refractivity contribution is 8.00. The summed E-state index contributed by atoms with van der Waals surface area (Å²) in [6, 6.07) is 11.6. The second-order valence-electron chi connectivity index (χ2n) is 21.0. The van der Waals surface area contributed by atoms with E-state index in [-0.39, 0.29) is 21.7 Å². The Hall–Kier alpha value is -3.31. The van der Waals surface area contributed by atoms with Crippen molar-refractivity contribution in [2.45, 2.75) is 201 Å². The van der Waals surface area contributed by atoms with Gasteiger partial charge >= 0.3 is 0 Å². The molecule has 0 amide bonds. The molecule has 2 heterocycles. The molecule has 0 bridgehead atoms. The summed E-state index contributed by atoms with van der Waals surface area (Å²) >= 11 is 2.03. The third kappa shape index (κ3) is 11.2. The topological polar surface area (TPSA) is 51.6 Å². The van der Waals surface area contributed by atoms with Crippen LogP contribution in [-0.2, 0) is 33.5 Å². The molecule has 322 valence electrons. The largest absolute Gasteiger partial charge is 0.257 e. The van der Waals surface area contributed by atoms with Crippen LogP contribution in [0.4, 0.5) is 0 Å². The average Bonchev–Trinajstić information content (AvgIpc) is 3.81. The van der Waals surface area contributed by atoms with E-state index < -0.39 is 0 Å². The molecule has 0 saturated heterocycles. The van der Waals surface area contributed by atoms with Crippen LogP contribution < -0.4 is 0 Å². The molecule has 59 heavy (non-hydrogen) atoms. The summed E-state index contributed by atoms with van der Waals surface area (Å²) in [4.78, 5) is 18.8. The molecule has 1 spiro atoms. The Morgan fingerprint density at radius 2 is 1.20 bits per heavy atom. The Morgan fingerprint density at radius 1 is 0.644 bits per heavy atom. The summed E-state index contributed by atoms with van der Waals surface area (Å²) in [5.74, 6) is 1.24. The molecule has 1 saturated carbocycles. The first kappa shape index (κ1) is 48.4. The van der Waals surface area contributed by atoms with Gasteiger partial charge in [-0.2, -0.15) is 11.8 Å². The molecule has 3 aliphatic rings. The Labute approximate surface area is 365 Å². The third-order valence-electron chi connectivity index (χ3n) is 12.8. The molecule has 0 atom stereocenters. The van der Waals surface area contributed by atoms with E-state index in [1.165, 1.54) is 72.1 Å². The fraction of sp³-hybridized carbons (Fsp3) is 0.593. The van der Waals surface area contributed by atoms with Gasteiger partial charge in [-0.1, -0.05) is 155 Å². The summed E-state index contributed by atoms with van der Waals surface area (Å²) in [5, 5.41) is 0. The number of allylic oxidation sites excluding steroid dienone is 1. The Balaban J connectivity index is 0.000000216. The normalized spacial score (nSPS) is 17.2. The molecular formula is C54H80N4S. The van der Waals surface area contributed by atoms with Gasteiger partial charge in [-0.15, -0.1) is 0 Å². The molecule has 2 aromatic carbocycles. The van der Waals surface area contributed by atoms with Crippen molar-refractivity contribution < 1.29 is 0 Å². The van der Waals surface area contributed by atoms with Crippen molar-refractivity contribution in [1.82, 2.24) is 19.9 Å². The molecule has 7 rings (SSSR count). The van der Waals surface area contributed by atoms with E-state index >= 15 is 0 Å². The van der Waals surface area contributed by atoms with Crippen LogP contribution in [0.15, 0.2) is 61.7 Å². The minimum Gasteiger partial charge on any atom is -0.257 e. The highest BCUT2D eigenvalue weighted by Gasteiger charge is 2.49. The zero-order valence-electron chi connectivity index (χ0n) is 40.5. The highest BCUT2D eigenvalue weighted by Crippen LogP contribution is 2.58. The third-order valence-corrected chi connectivity index (χ3v) is 14.2. The number of benzene rings is 2. The smallest absolute Gasteiger partial charge is 0.0888 e. The minimum absolute atomic E-state index is 0.0309. The first-order valence-corrected chi connectivity index (χ1v) is 23.8. The Morgan fingerprint density at radius 3 is 1.66 bits per heavy atom. The van der Waals surface area contributed by atoms with Crippen LogP contribution in [0.2, 0.25) is 0 Å². The molecule has 0 N–H and O–H groups in total. The van der Waals surface area contributed by atoms with E-state index in [0.717, 1.165) is 41.2 Å². The fourth-order valence-electron chi connectivity index (χ4n) is 9.22. The molecule has 0 aliphatic heterocycles. The first-order chi connectivity index (χ1) is 27.5. The number of hydrogen-bond donors (Lipinski definition) is 0. The Kier molecular flexibility index (Phi) is 15.4. The number of rotatable bonds is 6. The van der Waals surface area contributed by atoms with E-state index in [2.05, 4.69) is 151 Å². The van der Waals surface area contributed by atoms with Crippen LogP contribution in [0.5, 0.6) is 0 Å². The van der Waals surface area contributed by atoms with Crippen LogP contribution in [-0.4, -0.2) is 30.4 Å². The van der Waals surface area contributed by atoms with Crippen molar-refractivity contribution in [2.24, 2.45) is 0 Å². The maximum Gasteiger partial charge on any atom is 0.0888 e. The van der Waals surface area contributed by atoms with Crippen molar-refractivity contribution in [1.29, 1.82) is 0 Å². The van der Waals surface area contributed by atoms with Gasteiger partial charge in [-0.25, -0.2) is 0 Å². The van der Waals surface area contributed by atoms with Crippen LogP contribution in [0.25, 0.3) is 28.1 Å². The SMILES string of the molecule is C=C1CC(C)(C)c2cc(-c3cnc(C(C)(C)C)cn3)ccc21.CC.CCSC(C)(C)CC.CCc1cc2c(cc1-c1cnc(C(C)(C)C)cn1)C(C)(C)CC21CCCC1. The lowest BCUT2D eigenvalue weighted by atomic mass is 9.77. The quantitative estimate of drug-likeness (QED) is 0.194. The molecular weight excluding hydrogens is 737 g/mol. The van der Waals surface area contributed by atoms with E-state index in [1.807, 2.05) is 50.4 Å². The molecule has 4 nitrogen and oxygen atoms in total. The highest BCUT2D eigenvalue weighted by atomic mass is 32.2. The zero-order chi connectivity index (χ0) is 44.2. The maximum atomic E-state index is 4.82. The average molecular weight is 817 g/mol. The lowest BCUT2D eigenvalue weighted by Gasteiger charge is -2.27. The van der Waals surface area contributed by atoms with Gasteiger partial charge in [0.2, 0.25) is 0 Å². The van der Waals surface area contributed by atoms with Gasteiger partial charge in [0, 0.05) is 39.1 Å². The van der Waals surface area contributed by atoms with Crippen LogP contribution >= 0.6 is 11.8 Å². The van der Waals surface area contributed by atoms with Crippen molar-refractivity contribution in [3.63, 3.8) is 0 Å². The lowest BCUT2D eigenvalue weighted by molar-refractivity contribution is 0.357. The number of aryl methyl sites for hydroxylation is 1. The molecule has 4 aromatic rings. The van der Waals surface area contributed by atoms with E-state index in [9.17, 15) is 0 Å². The summed E-state index contributed by atoms with van der Waals surface area (Å²) in [7, 11) is 0. The second kappa shape index (κ2) is 18.8. The first-order valence-electron chi connectivity index (χ1n) is 22.8. The molecule has 2 aromatic heterocycles.